The average Bonchev–Trinajstić information content (AvgIpc) is 3.33. The van der Waals surface area contributed by atoms with E-state index < -0.39 is 246 Å². The highest BCUT2D eigenvalue weighted by atomic mass is 14.2. The van der Waals surface area contributed by atoms with Crippen LogP contribution in [0.5, 0.6) is 0 Å². The Bertz CT molecular complexity index is 3620. The quantitative estimate of drug-likeness (QED) is 0.188. The molecular formula is C42H28. The van der Waals surface area contributed by atoms with Crippen LogP contribution in [-0.2, 0) is 0 Å². The first-order chi connectivity index (χ1) is 32.5. The molecular weight excluding hydrogens is 504 g/mol. The van der Waals surface area contributed by atoms with Crippen LogP contribution in [0, 0.1) is 0 Å². The van der Waals surface area contributed by atoms with Crippen molar-refractivity contribution in [1.82, 2.24) is 0 Å². The van der Waals surface area contributed by atoms with Crippen molar-refractivity contribution in [3.63, 3.8) is 0 Å². The predicted octanol–water partition coefficient (Wildman–Crippen LogP) is 11.8. The molecule has 8 aromatic carbocycles. The predicted molar refractivity (Wildman–Crippen MR) is 181 cm³/mol. The molecule has 42 heavy (non-hydrogen) atoms. The lowest BCUT2D eigenvalue weighted by Gasteiger charge is -2.19. The maximum Gasteiger partial charge on any atom is 0.0629 e. The highest BCUT2D eigenvalue weighted by Crippen LogP contribution is 2.45. The van der Waals surface area contributed by atoms with Gasteiger partial charge in [-0.2, -0.15) is 0 Å². The Hall–Kier alpha value is -5.46. The first kappa shape index (κ1) is 9.02. The Balaban J connectivity index is 1.62. The topological polar surface area (TPSA) is 0 Å². The van der Waals surface area contributed by atoms with Crippen molar-refractivity contribution in [2.45, 2.75) is 0 Å². The molecule has 0 N–H and O–H groups in total. The molecule has 196 valence electrons. The second-order valence-corrected chi connectivity index (χ2v) is 8.75. The van der Waals surface area contributed by atoms with Crippen LogP contribution in [-0.4, -0.2) is 0 Å². The standard InChI is InChI=1S/C42H28/c1-2-11-29(12-3-1)30-21-23-31(24-22-30)32-25-27-34(28-26-32)41-37-16-6-8-18-39(37)42(40-19-9-7-17-38(40)41)36-20-10-14-33-13-4-5-15-35(33)36/h1-28H/i1D,2D,3D,4D,5D,6D,7D,8D,9D,10D,11D,12D,13D,14D,15D,16D,17D,18D,19D,20D,21D,22D,23D,24D,25D,26D,27D,28D. The fraction of sp³-hybridized carbons (Fsp3) is 0. The maximum absolute atomic E-state index is 9.45. The van der Waals surface area contributed by atoms with Gasteiger partial charge < -0.3 is 0 Å². The highest BCUT2D eigenvalue weighted by molar-refractivity contribution is 6.23. The van der Waals surface area contributed by atoms with Gasteiger partial charge >= 0.3 is 0 Å². The lowest BCUT2D eigenvalue weighted by molar-refractivity contribution is 1.59. The van der Waals surface area contributed by atoms with E-state index in [-0.39, 0.29) is 0 Å². The van der Waals surface area contributed by atoms with Crippen LogP contribution in [0.2, 0.25) is 0 Å². The van der Waals surface area contributed by atoms with Crippen LogP contribution >= 0.6 is 0 Å². The van der Waals surface area contributed by atoms with Crippen molar-refractivity contribution >= 4 is 32.3 Å². The molecule has 0 aromatic heterocycles. The summed E-state index contributed by atoms with van der Waals surface area (Å²) in [6.45, 7) is 0. The molecule has 0 fully saturated rings. The molecule has 0 aliphatic rings. The largest absolute Gasteiger partial charge is 0.0629 e. The zero-order valence-electron chi connectivity index (χ0n) is 49.0. The molecule has 0 radical (unpaired) electrons. The van der Waals surface area contributed by atoms with Gasteiger partial charge in [-0.1, -0.05) is 169 Å². The molecule has 0 aliphatic heterocycles. The zero-order chi connectivity index (χ0) is 52.2. The monoisotopic (exact) mass is 560 g/mol. The van der Waals surface area contributed by atoms with E-state index >= 15 is 0 Å². The van der Waals surface area contributed by atoms with Crippen LogP contribution in [0.1, 0.15) is 38.4 Å². The van der Waals surface area contributed by atoms with Gasteiger partial charge in [0, 0.05) is 0 Å². The summed E-state index contributed by atoms with van der Waals surface area (Å²) in [7, 11) is 0. The molecule has 0 heteroatoms. The molecule has 0 heterocycles. The number of rotatable bonds is 4. The first-order valence-corrected chi connectivity index (χ1v) is 12.2. The molecule has 0 bridgehead atoms. The van der Waals surface area contributed by atoms with Crippen molar-refractivity contribution in [3.8, 4) is 44.5 Å². The minimum absolute atomic E-state index is 0.625. The minimum atomic E-state index is -1.12. The molecule has 0 aliphatic carbocycles. The lowest BCUT2D eigenvalue weighted by Crippen LogP contribution is -1.91. The average molecular weight is 561 g/mol. The number of fused-ring (bicyclic) bond motifs is 3. The van der Waals surface area contributed by atoms with E-state index in [1.165, 1.54) is 0 Å². The smallest absolute Gasteiger partial charge is 0.0622 e. The highest BCUT2D eigenvalue weighted by Gasteiger charge is 2.17. The van der Waals surface area contributed by atoms with Crippen LogP contribution in [0.3, 0.4) is 0 Å². The molecule has 0 nitrogen and oxygen atoms in total. The molecule has 0 amide bonds. The summed E-state index contributed by atoms with van der Waals surface area (Å²) in [6.07, 6.45) is 0. The second-order valence-electron chi connectivity index (χ2n) is 8.75. The zero-order valence-corrected chi connectivity index (χ0v) is 21.0. The number of hydrogen-bond donors (Lipinski definition) is 0. The van der Waals surface area contributed by atoms with Gasteiger partial charge in [-0.25, -0.2) is 0 Å². The summed E-state index contributed by atoms with van der Waals surface area (Å²) < 4.78 is 248. The summed E-state index contributed by atoms with van der Waals surface area (Å²) in [6, 6.07) is -27.1. The van der Waals surface area contributed by atoms with E-state index in [9.17, 15) is 12.3 Å². The Morgan fingerprint density at radius 1 is 0.262 bits per heavy atom. The van der Waals surface area contributed by atoms with E-state index in [2.05, 4.69) is 0 Å². The second kappa shape index (κ2) is 10.2. The maximum atomic E-state index is 9.45. The SMILES string of the molecule is [2H]c1c([2H])c([2H])c(-c2c([2H])c([2H])c(-c3c([2H])c([2H])c(-c4c5c([2H])c([2H])c([2H])c([2H])c5c(-c5c([2H])c([2H])c([2H])c6c([2H])c([2H])c([2H])c([2H])c56)c5c([2H])c([2H])c([2H])c([2H])c45)c([2H])c3[2H])c([2H])c2[2H])c([2H])c1[2H]. The Morgan fingerprint density at radius 2 is 0.643 bits per heavy atom. The molecule has 0 saturated carbocycles. The van der Waals surface area contributed by atoms with Gasteiger partial charge in [0.2, 0.25) is 0 Å². The van der Waals surface area contributed by atoms with Gasteiger partial charge in [-0.15, -0.1) is 0 Å². The van der Waals surface area contributed by atoms with E-state index in [0.29, 0.717) is 0 Å². The normalized spacial score (nSPS) is 20.7. The van der Waals surface area contributed by atoms with Crippen molar-refractivity contribution in [1.29, 1.82) is 0 Å². The van der Waals surface area contributed by atoms with E-state index in [1.807, 2.05) is 0 Å². The third-order valence-electron chi connectivity index (χ3n) is 6.44. The van der Waals surface area contributed by atoms with Crippen LogP contribution < -0.4 is 0 Å². The molecule has 0 unspecified atom stereocenters. The Morgan fingerprint density at radius 3 is 1.19 bits per heavy atom. The summed E-state index contributed by atoms with van der Waals surface area (Å²) in [5.41, 5.74) is -6.27. The van der Waals surface area contributed by atoms with E-state index in [4.69, 9.17) is 26.0 Å². The summed E-state index contributed by atoms with van der Waals surface area (Å²) >= 11 is 0. The molecule has 0 saturated heterocycles. The molecule has 8 rings (SSSR count). The van der Waals surface area contributed by atoms with Crippen molar-refractivity contribution in [2.24, 2.45) is 0 Å². The number of benzene rings is 8. The summed E-state index contributed by atoms with van der Waals surface area (Å²) in [5, 5.41) is -4.25. The first-order valence-electron chi connectivity index (χ1n) is 26.2. The summed E-state index contributed by atoms with van der Waals surface area (Å²) in [4.78, 5) is 0. The van der Waals surface area contributed by atoms with Crippen molar-refractivity contribution in [3.05, 3.63) is 169 Å². The van der Waals surface area contributed by atoms with Crippen molar-refractivity contribution < 1.29 is 38.4 Å². The van der Waals surface area contributed by atoms with E-state index in [1.54, 1.807) is 0 Å². The Kier molecular flexibility index (Phi) is 2.19. The molecule has 0 atom stereocenters. The van der Waals surface area contributed by atoms with Crippen LogP contribution in [0.15, 0.2) is 169 Å². The van der Waals surface area contributed by atoms with E-state index in [0.717, 1.165) is 0 Å². The molecule has 8 aromatic rings. The third kappa shape index (κ3) is 4.08. The lowest BCUT2D eigenvalue weighted by atomic mass is 9.84. The number of hydrogen-bond acceptors (Lipinski definition) is 0. The van der Waals surface area contributed by atoms with Gasteiger partial charge in [-0.05, 0) is 76.8 Å². The van der Waals surface area contributed by atoms with Gasteiger partial charge in [-0.3, -0.25) is 0 Å². The third-order valence-corrected chi connectivity index (χ3v) is 6.44. The summed E-state index contributed by atoms with van der Waals surface area (Å²) in [5.74, 6) is 0. The Labute approximate surface area is 285 Å². The molecule has 0 spiro atoms. The van der Waals surface area contributed by atoms with Gasteiger partial charge in [0.25, 0.3) is 0 Å². The van der Waals surface area contributed by atoms with Crippen molar-refractivity contribution in [2.75, 3.05) is 0 Å². The fourth-order valence-electron chi connectivity index (χ4n) is 4.62. The van der Waals surface area contributed by atoms with Gasteiger partial charge in [0.05, 0.1) is 38.4 Å². The van der Waals surface area contributed by atoms with Crippen LogP contribution in [0.4, 0.5) is 0 Å². The van der Waals surface area contributed by atoms with Crippen LogP contribution in [0.25, 0.3) is 76.8 Å². The minimum Gasteiger partial charge on any atom is -0.0622 e. The fourth-order valence-corrected chi connectivity index (χ4v) is 4.62. The van der Waals surface area contributed by atoms with Gasteiger partial charge in [0.1, 0.15) is 0 Å². The van der Waals surface area contributed by atoms with Gasteiger partial charge in [0.15, 0.2) is 0 Å².